The van der Waals surface area contributed by atoms with Gasteiger partial charge in [0.05, 0.1) is 12.2 Å². The van der Waals surface area contributed by atoms with Crippen molar-refractivity contribution in [1.82, 2.24) is 24.9 Å². The minimum atomic E-state index is -1.03. The van der Waals surface area contributed by atoms with Crippen LogP contribution in [-0.2, 0) is 11.3 Å². The summed E-state index contributed by atoms with van der Waals surface area (Å²) in [7, 11) is 0. The Morgan fingerprint density at radius 3 is 2.92 bits per heavy atom. The first-order valence-corrected chi connectivity index (χ1v) is 8.79. The summed E-state index contributed by atoms with van der Waals surface area (Å²) in [5, 5.41) is 19.3. The number of thiazole rings is 1. The van der Waals surface area contributed by atoms with E-state index in [0.29, 0.717) is 17.6 Å². The van der Waals surface area contributed by atoms with Crippen LogP contribution in [0.2, 0.25) is 0 Å². The van der Waals surface area contributed by atoms with E-state index in [-0.39, 0.29) is 23.4 Å². The zero-order valence-electron chi connectivity index (χ0n) is 13.1. The lowest BCUT2D eigenvalue weighted by Gasteiger charge is -2.39. The Morgan fingerprint density at radius 2 is 2.29 bits per heavy atom. The first-order valence-electron chi connectivity index (χ1n) is 7.91. The van der Waals surface area contributed by atoms with E-state index in [0.717, 1.165) is 25.1 Å². The van der Waals surface area contributed by atoms with Gasteiger partial charge in [-0.1, -0.05) is 5.21 Å². The van der Waals surface area contributed by atoms with Crippen LogP contribution in [0.5, 0.6) is 0 Å². The summed E-state index contributed by atoms with van der Waals surface area (Å²) >= 11 is 1.28. The van der Waals surface area contributed by atoms with E-state index in [9.17, 15) is 9.59 Å². The molecule has 24 heavy (non-hydrogen) atoms. The van der Waals surface area contributed by atoms with Gasteiger partial charge < -0.3 is 10.0 Å². The number of aromatic carboxylic acids is 1. The second-order valence-electron chi connectivity index (χ2n) is 6.39. The van der Waals surface area contributed by atoms with Crippen LogP contribution >= 0.6 is 11.3 Å². The molecule has 3 atom stereocenters. The van der Waals surface area contributed by atoms with Crippen LogP contribution in [0.15, 0.2) is 11.6 Å². The fourth-order valence-corrected chi connectivity index (χ4v) is 3.79. The Kier molecular flexibility index (Phi) is 3.60. The molecule has 3 heterocycles. The van der Waals surface area contributed by atoms with Crippen molar-refractivity contribution in [3.8, 4) is 0 Å². The minimum absolute atomic E-state index is 0.0383. The van der Waals surface area contributed by atoms with Crippen LogP contribution in [0, 0.1) is 5.92 Å². The number of amides is 1. The topological polar surface area (TPSA) is 101 Å². The molecule has 8 nitrogen and oxygen atoms in total. The highest BCUT2D eigenvalue weighted by Gasteiger charge is 2.49. The van der Waals surface area contributed by atoms with Gasteiger partial charge in [0.25, 0.3) is 0 Å². The molecule has 9 heteroatoms. The van der Waals surface area contributed by atoms with Gasteiger partial charge in [-0.25, -0.2) is 14.5 Å². The van der Waals surface area contributed by atoms with Crippen molar-refractivity contribution in [3.05, 3.63) is 28.0 Å². The van der Waals surface area contributed by atoms with E-state index in [2.05, 4.69) is 22.2 Å². The van der Waals surface area contributed by atoms with E-state index in [1.807, 2.05) is 11.1 Å². The summed E-state index contributed by atoms with van der Waals surface area (Å²) in [5.74, 6) is -0.600. The van der Waals surface area contributed by atoms with Crippen LogP contribution in [0.1, 0.15) is 46.9 Å². The molecule has 1 saturated heterocycles. The number of aromatic nitrogens is 4. The smallest absolute Gasteiger partial charge is 0.355 e. The van der Waals surface area contributed by atoms with Crippen LogP contribution in [0.4, 0.5) is 0 Å². The van der Waals surface area contributed by atoms with Gasteiger partial charge in [0.2, 0.25) is 5.91 Å². The normalized spacial score (nSPS) is 25.4. The summed E-state index contributed by atoms with van der Waals surface area (Å²) in [6, 6.07) is 0.364. The molecule has 0 bridgehead atoms. The second-order valence-corrected chi connectivity index (χ2v) is 7.33. The van der Waals surface area contributed by atoms with Gasteiger partial charge in [-0.3, -0.25) is 4.79 Å². The second kappa shape index (κ2) is 5.66. The summed E-state index contributed by atoms with van der Waals surface area (Å²) < 4.78 is 1.64. The lowest BCUT2D eigenvalue weighted by Crippen LogP contribution is -2.50. The fraction of sp³-hybridized carbons (Fsp3) is 0.533. The van der Waals surface area contributed by atoms with Gasteiger partial charge >= 0.3 is 5.97 Å². The number of carboxylic acids is 1. The molecular formula is C15H17N5O3S. The summed E-state index contributed by atoms with van der Waals surface area (Å²) in [6.45, 7) is 3.33. The number of carbonyl (C=O) groups is 2. The van der Waals surface area contributed by atoms with Crippen molar-refractivity contribution in [2.24, 2.45) is 5.92 Å². The van der Waals surface area contributed by atoms with Gasteiger partial charge in [0, 0.05) is 36.0 Å². The number of carboxylic acid groups (broad SMARTS) is 1. The molecule has 1 amide bonds. The number of hydrogen-bond acceptors (Lipinski definition) is 6. The molecule has 1 saturated carbocycles. The molecule has 1 aliphatic heterocycles. The monoisotopic (exact) mass is 347 g/mol. The van der Waals surface area contributed by atoms with E-state index in [1.165, 1.54) is 16.7 Å². The molecule has 0 spiro atoms. The lowest BCUT2D eigenvalue weighted by molar-refractivity contribution is -0.139. The molecule has 2 aliphatic rings. The average Bonchev–Trinajstić information content (AvgIpc) is 2.97. The zero-order chi connectivity index (χ0) is 16.8. The molecular weight excluding hydrogens is 330 g/mol. The van der Waals surface area contributed by atoms with Gasteiger partial charge in [-0.2, -0.15) is 0 Å². The molecule has 2 fully saturated rings. The lowest BCUT2D eigenvalue weighted by atomic mass is 10.0. The van der Waals surface area contributed by atoms with Gasteiger partial charge in [0.15, 0.2) is 5.69 Å². The van der Waals surface area contributed by atoms with Crippen molar-refractivity contribution in [3.63, 3.8) is 0 Å². The number of rotatable bonds is 5. The predicted octanol–water partition coefficient (Wildman–Crippen LogP) is 1.21. The van der Waals surface area contributed by atoms with E-state index >= 15 is 0 Å². The molecule has 0 aromatic carbocycles. The van der Waals surface area contributed by atoms with Crippen LogP contribution in [0.3, 0.4) is 0 Å². The largest absolute Gasteiger partial charge is 0.476 e. The minimum Gasteiger partial charge on any atom is -0.476 e. The third-order valence-corrected chi connectivity index (χ3v) is 5.55. The zero-order valence-corrected chi connectivity index (χ0v) is 13.9. The summed E-state index contributed by atoms with van der Waals surface area (Å²) in [4.78, 5) is 29.2. The van der Waals surface area contributed by atoms with Gasteiger partial charge in [-0.15, -0.1) is 16.4 Å². The standard InChI is InChI=1S/C15H17N5O3S/c1-8-2-3-20(8)14(21)10-4-9(10)11-5-19(18-17-11)6-13-16-12(7-24-13)15(22)23/h5,7-10H,2-4,6H2,1H3,(H,22,23)/t8-,9+,10-/m1/s1. The molecule has 0 radical (unpaired) electrons. The quantitative estimate of drug-likeness (QED) is 0.872. The van der Waals surface area contributed by atoms with E-state index < -0.39 is 5.97 Å². The van der Waals surface area contributed by atoms with E-state index in [1.54, 1.807) is 4.68 Å². The Balaban J connectivity index is 1.38. The Hall–Kier alpha value is -2.29. The molecule has 1 N–H and O–H groups in total. The number of hydrogen-bond donors (Lipinski definition) is 1. The van der Waals surface area contributed by atoms with Crippen LogP contribution in [-0.4, -0.2) is 54.4 Å². The van der Waals surface area contributed by atoms with Crippen molar-refractivity contribution >= 4 is 23.2 Å². The van der Waals surface area contributed by atoms with Crippen molar-refractivity contribution in [2.75, 3.05) is 6.54 Å². The number of nitrogens with zero attached hydrogens (tertiary/aromatic N) is 5. The first-order chi connectivity index (χ1) is 11.5. The maximum atomic E-state index is 12.4. The van der Waals surface area contributed by atoms with Crippen molar-refractivity contribution < 1.29 is 14.7 Å². The predicted molar refractivity (Wildman–Crippen MR) is 84.8 cm³/mol. The third kappa shape index (κ3) is 2.68. The summed E-state index contributed by atoms with van der Waals surface area (Å²) in [5.41, 5.74) is 0.878. The van der Waals surface area contributed by atoms with Gasteiger partial charge in [-0.05, 0) is 19.8 Å². The Labute approximate surface area is 142 Å². The van der Waals surface area contributed by atoms with Crippen LogP contribution in [0.25, 0.3) is 0 Å². The highest BCUT2D eigenvalue weighted by molar-refractivity contribution is 7.09. The SMILES string of the molecule is C[C@@H]1CCN1C(=O)[C@@H]1C[C@@H]1c1cn(Cc2nc(C(=O)O)cs2)nn1. The first kappa shape index (κ1) is 15.3. The maximum Gasteiger partial charge on any atom is 0.355 e. The summed E-state index contributed by atoms with van der Waals surface area (Å²) in [6.07, 6.45) is 3.76. The Bertz CT molecular complexity index is 801. The van der Waals surface area contributed by atoms with Crippen molar-refractivity contribution in [2.45, 2.75) is 38.3 Å². The van der Waals surface area contributed by atoms with Crippen molar-refractivity contribution in [1.29, 1.82) is 0 Å². The molecule has 2 aromatic heterocycles. The Morgan fingerprint density at radius 1 is 1.46 bits per heavy atom. The highest BCUT2D eigenvalue weighted by atomic mass is 32.1. The molecule has 1 aliphatic carbocycles. The average molecular weight is 347 g/mol. The molecule has 2 aromatic rings. The van der Waals surface area contributed by atoms with Gasteiger partial charge in [0.1, 0.15) is 5.01 Å². The maximum absolute atomic E-state index is 12.4. The van der Waals surface area contributed by atoms with Crippen LogP contribution < -0.4 is 0 Å². The number of carbonyl (C=O) groups excluding carboxylic acids is 1. The van der Waals surface area contributed by atoms with E-state index in [4.69, 9.17) is 5.11 Å². The highest BCUT2D eigenvalue weighted by Crippen LogP contribution is 2.48. The molecule has 4 rings (SSSR count). The molecule has 126 valence electrons. The fourth-order valence-electron chi connectivity index (χ4n) is 3.03. The number of likely N-dealkylation sites (tertiary alicyclic amines) is 1. The third-order valence-electron chi connectivity index (χ3n) is 4.71. The molecule has 0 unspecified atom stereocenters.